The molecule has 0 spiro atoms. The smallest absolute Gasteiger partial charge is 0.182 e. The van der Waals surface area contributed by atoms with Crippen molar-refractivity contribution in [1.82, 2.24) is 0 Å². The first kappa shape index (κ1) is 15.7. The molecule has 21 heavy (non-hydrogen) atoms. The Morgan fingerprint density at radius 2 is 1.76 bits per heavy atom. The lowest BCUT2D eigenvalue weighted by Crippen LogP contribution is -2.10. The van der Waals surface area contributed by atoms with Crippen molar-refractivity contribution < 1.29 is 12.8 Å². The second-order valence-corrected chi connectivity index (χ2v) is 7.08. The van der Waals surface area contributed by atoms with E-state index in [-0.39, 0.29) is 22.8 Å². The number of aryl methyl sites for hydroxylation is 2. The highest BCUT2D eigenvalue weighted by molar-refractivity contribution is 7.90. The molecule has 5 heteroatoms. The quantitative estimate of drug-likeness (QED) is 0.945. The summed E-state index contributed by atoms with van der Waals surface area (Å²) in [6.07, 6.45) is 0. The van der Waals surface area contributed by atoms with Gasteiger partial charge in [0.25, 0.3) is 0 Å². The summed E-state index contributed by atoms with van der Waals surface area (Å²) in [5, 5.41) is 0. The largest absolute Gasteiger partial charge is 0.326 e. The Balaban J connectivity index is 2.45. The molecule has 0 aromatic heterocycles. The van der Waals surface area contributed by atoms with E-state index in [4.69, 9.17) is 5.73 Å². The van der Waals surface area contributed by atoms with E-state index < -0.39 is 15.7 Å². The van der Waals surface area contributed by atoms with Crippen molar-refractivity contribution in [2.45, 2.75) is 31.0 Å². The van der Waals surface area contributed by atoms with Crippen LogP contribution >= 0.6 is 0 Å². The molecule has 3 nitrogen and oxygen atoms in total. The average molecular weight is 307 g/mol. The van der Waals surface area contributed by atoms with Crippen LogP contribution in [0, 0.1) is 19.7 Å². The van der Waals surface area contributed by atoms with E-state index in [0.717, 1.165) is 5.56 Å². The van der Waals surface area contributed by atoms with Gasteiger partial charge in [0.1, 0.15) is 5.82 Å². The van der Waals surface area contributed by atoms with Crippen molar-refractivity contribution in [2.75, 3.05) is 0 Å². The lowest BCUT2D eigenvalue weighted by atomic mass is 10.1. The summed E-state index contributed by atoms with van der Waals surface area (Å²) in [7, 11) is -3.59. The molecular weight excluding hydrogens is 289 g/mol. The van der Waals surface area contributed by atoms with Gasteiger partial charge in [-0.2, -0.15) is 0 Å². The molecule has 0 fully saturated rings. The van der Waals surface area contributed by atoms with Crippen LogP contribution in [-0.2, 0) is 22.1 Å². The molecule has 0 atom stereocenters. The van der Waals surface area contributed by atoms with E-state index in [9.17, 15) is 12.8 Å². The Morgan fingerprint density at radius 1 is 1.10 bits per heavy atom. The van der Waals surface area contributed by atoms with Gasteiger partial charge >= 0.3 is 0 Å². The van der Waals surface area contributed by atoms with Gasteiger partial charge in [-0.3, -0.25) is 0 Å². The SMILES string of the molecule is Cc1ccc(C)c(S(=O)(=O)Cc2cccc(CN)c2F)c1. The third-order valence-corrected chi connectivity index (χ3v) is 5.20. The minimum atomic E-state index is -3.59. The van der Waals surface area contributed by atoms with Crippen molar-refractivity contribution in [1.29, 1.82) is 0 Å². The first-order chi connectivity index (χ1) is 9.85. The second-order valence-electron chi connectivity index (χ2n) is 5.12. The summed E-state index contributed by atoms with van der Waals surface area (Å²) in [4.78, 5) is 0.250. The van der Waals surface area contributed by atoms with Gasteiger partial charge in [0.15, 0.2) is 9.84 Å². The predicted molar refractivity (Wildman–Crippen MR) is 81.1 cm³/mol. The van der Waals surface area contributed by atoms with Crippen LogP contribution in [-0.4, -0.2) is 8.42 Å². The molecule has 112 valence electrons. The monoisotopic (exact) mass is 307 g/mol. The molecule has 0 bridgehead atoms. The van der Waals surface area contributed by atoms with Crippen molar-refractivity contribution in [3.05, 3.63) is 64.5 Å². The number of halogens is 1. The highest BCUT2D eigenvalue weighted by Crippen LogP contribution is 2.23. The zero-order valence-corrected chi connectivity index (χ0v) is 12.9. The van der Waals surface area contributed by atoms with Gasteiger partial charge < -0.3 is 5.73 Å². The average Bonchev–Trinajstić information content (AvgIpc) is 2.43. The van der Waals surface area contributed by atoms with E-state index in [1.165, 1.54) is 6.07 Å². The number of hydrogen-bond donors (Lipinski definition) is 1. The molecule has 0 saturated heterocycles. The Bertz CT molecular complexity index is 770. The minimum absolute atomic E-state index is 0.0448. The summed E-state index contributed by atoms with van der Waals surface area (Å²) in [5.74, 6) is -0.898. The molecular formula is C16H18FNO2S. The topological polar surface area (TPSA) is 60.2 Å². The van der Waals surface area contributed by atoms with Crippen molar-refractivity contribution >= 4 is 9.84 Å². The van der Waals surface area contributed by atoms with Crippen LogP contribution < -0.4 is 5.73 Å². The van der Waals surface area contributed by atoms with Crippen molar-refractivity contribution in [3.63, 3.8) is 0 Å². The zero-order chi connectivity index (χ0) is 15.6. The van der Waals surface area contributed by atoms with Gasteiger partial charge in [0, 0.05) is 17.7 Å². The third kappa shape index (κ3) is 3.31. The number of hydrogen-bond acceptors (Lipinski definition) is 3. The molecule has 2 rings (SSSR count). The Hall–Kier alpha value is -1.72. The Labute approximate surface area is 124 Å². The molecule has 2 N–H and O–H groups in total. The van der Waals surface area contributed by atoms with Gasteiger partial charge in [-0.05, 0) is 31.0 Å². The zero-order valence-electron chi connectivity index (χ0n) is 12.1. The highest BCUT2D eigenvalue weighted by atomic mass is 32.2. The van der Waals surface area contributed by atoms with E-state index in [1.54, 1.807) is 31.2 Å². The molecule has 0 aliphatic carbocycles. The first-order valence-electron chi connectivity index (χ1n) is 6.61. The fraction of sp³-hybridized carbons (Fsp3) is 0.250. The normalized spacial score (nSPS) is 11.6. The maximum Gasteiger partial charge on any atom is 0.182 e. The summed E-state index contributed by atoms with van der Waals surface area (Å²) < 4.78 is 39.2. The fourth-order valence-corrected chi connectivity index (χ4v) is 3.94. The minimum Gasteiger partial charge on any atom is -0.326 e. The Morgan fingerprint density at radius 3 is 2.43 bits per heavy atom. The number of nitrogens with two attached hydrogens (primary N) is 1. The standard InChI is InChI=1S/C16H18FNO2S/c1-11-6-7-12(2)15(8-11)21(19,20)10-14-5-3-4-13(9-18)16(14)17/h3-8H,9-10,18H2,1-2H3. The summed E-state index contributed by atoms with van der Waals surface area (Å²) in [6, 6.07) is 9.90. The summed E-state index contributed by atoms with van der Waals surface area (Å²) in [6.45, 7) is 3.61. The van der Waals surface area contributed by atoms with E-state index in [0.29, 0.717) is 11.1 Å². The van der Waals surface area contributed by atoms with Gasteiger partial charge in [-0.15, -0.1) is 0 Å². The lowest BCUT2D eigenvalue weighted by Gasteiger charge is -2.11. The van der Waals surface area contributed by atoms with Gasteiger partial charge in [-0.25, -0.2) is 12.8 Å². The molecule has 0 aliphatic rings. The molecule has 2 aromatic rings. The molecule has 0 radical (unpaired) electrons. The number of sulfone groups is 1. The van der Waals surface area contributed by atoms with Crippen LogP contribution in [0.3, 0.4) is 0 Å². The second kappa shape index (κ2) is 5.95. The van der Waals surface area contributed by atoms with Crippen molar-refractivity contribution in [3.8, 4) is 0 Å². The van der Waals surface area contributed by atoms with E-state index in [1.807, 2.05) is 13.0 Å². The molecule has 0 saturated carbocycles. The predicted octanol–water partition coefficient (Wildman–Crippen LogP) is 2.88. The van der Waals surface area contributed by atoms with Gasteiger partial charge in [-0.1, -0.05) is 30.3 Å². The van der Waals surface area contributed by atoms with Gasteiger partial charge in [0.05, 0.1) is 10.6 Å². The summed E-state index contributed by atoms with van der Waals surface area (Å²) in [5.41, 5.74) is 7.44. The van der Waals surface area contributed by atoms with Crippen LogP contribution in [0.1, 0.15) is 22.3 Å². The summed E-state index contributed by atoms with van der Waals surface area (Å²) >= 11 is 0. The van der Waals surface area contributed by atoms with Crippen LogP contribution in [0.4, 0.5) is 4.39 Å². The molecule has 0 unspecified atom stereocenters. The molecule has 0 aliphatic heterocycles. The fourth-order valence-electron chi connectivity index (χ4n) is 2.23. The van der Waals surface area contributed by atoms with Crippen LogP contribution in [0.15, 0.2) is 41.3 Å². The Kier molecular flexibility index (Phi) is 4.44. The van der Waals surface area contributed by atoms with Crippen LogP contribution in [0.5, 0.6) is 0 Å². The number of benzene rings is 2. The number of rotatable bonds is 4. The van der Waals surface area contributed by atoms with E-state index in [2.05, 4.69) is 0 Å². The first-order valence-corrected chi connectivity index (χ1v) is 8.26. The van der Waals surface area contributed by atoms with E-state index >= 15 is 0 Å². The third-order valence-electron chi connectivity index (χ3n) is 3.40. The lowest BCUT2D eigenvalue weighted by molar-refractivity contribution is 0.581. The molecule has 2 aromatic carbocycles. The van der Waals surface area contributed by atoms with Crippen LogP contribution in [0.2, 0.25) is 0 Å². The molecule has 0 amide bonds. The maximum absolute atomic E-state index is 14.2. The van der Waals surface area contributed by atoms with Crippen molar-refractivity contribution in [2.24, 2.45) is 5.73 Å². The maximum atomic E-state index is 14.2. The van der Waals surface area contributed by atoms with Crippen LogP contribution in [0.25, 0.3) is 0 Å². The highest BCUT2D eigenvalue weighted by Gasteiger charge is 2.20. The van der Waals surface area contributed by atoms with Gasteiger partial charge in [0.2, 0.25) is 0 Å². The molecule has 0 heterocycles.